The van der Waals surface area contributed by atoms with E-state index in [9.17, 15) is 9.59 Å². The number of ether oxygens (including phenoxy) is 3. The van der Waals surface area contributed by atoms with Gasteiger partial charge in [0.1, 0.15) is 5.76 Å². The molecule has 1 unspecified atom stereocenters. The lowest BCUT2D eigenvalue weighted by atomic mass is 10.1. The molecule has 1 heterocycles. The van der Waals surface area contributed by atoms with Gasteiger partial charge in [0, 0.05) is 17.7 Å². The van der Waals surface area contributed by atoms with Crippen molar-refractivity contribution in [3.8, 4) is 11.5 Å². The van der Waals surface area contributed by atoms with E-state index in [1.807, 2.05) is 6.92 Å². The van der Waals surface area contributed by atoms with Gasteiger partial charge in [-0.25, -0.2) is 4.79 Å². The summed E-state index contributed by atoms with van der Waals surface area (Å²) in [6, 6.07) is 13.5. The molecule has 1 amide bonds. The molecule has 0 aliphatic heterocycles. The third-order valence-corrected chi connectivity index (χ3v) is 4.68. The van der Waals surface area contributed by atoms with Gasteiger partial charge in [0.15, 0.2) is 17.3 Å². The molecule has 3 rings (SSSR count). The van der Waals surface area contributed by atoms with Crippen LogP contribution in [0, 0.1) is 6.92 Å². The van der Waals surface area contributed by atoms with Crippen molar-refractivity contribution in [3.05, 3.63) is 76.5 Å². The Morgan fingerprint density at radius 1 is 1.21 bits per heavy atom. The van der Waals surface area contributed by atoms with Crippen LogP contribution < -0.4 is 14.8 Å². The molecule has 3 aromatic rings. The maximum absolute atomic E-state index is 12.8. The van der Waals surface area contributed by atoms with Gasteiger partial charge >= 0.3 is 5.97 Å². The van der Waals surface area contributed by atoms with Crippen molar-refractivity contribution >= 4 is 35.4 Å². The Kier molecular flexibility index (Phi) is 8.10. The fourth-order valence-corrected chi connectivity index (χ4v) is 3.28. The Hall–Kier alpha value is -3.78. The van der Waals surface area contributed by atoms with Crippen molar-refractivity contribution in [3.63, 3.8) is 0 Å². The highest BCUT2D eigenvalue weighted by atomic mass is 35.5. The summed E-state index contributed by atoms with van der Waals surface area (Å²) in [5, 5.41) is 6.66. The summed E-state index contributed by atoms with van der Waals surface area (Å²) < 4.78 is 21.2. The largest absolute Gasteiger partial charge is 0.491 e. The van der Waals surface area contributed by atoms with E-state index in [0.717, 1.165) is 0 Å². The van der Waals surface area contributed by atoms with Crippen molar-refractivity contribution in [2.24, 2.45) is 0 Å². The topological polar surface area (TPSA) is 99.9 Å². The van der Waals surface area contributed by atoms with E-state index < -0.39 is 18.0 Å². The molecule has 2 aromatic carbocycles. The highest BCUT2D eigenvalue weighted by Crippen LogP contribution is 2.36. The summed E-state index contributed by atoms with van der Waals surface area (Å²) in [6.45, 7) is 3.95. The van der Waals surface area contributed by atoms with Crippen LogP contribution in [-0.4, -0.2) is 30.7 Å². The standard InChI is InChI=1S/C24H23ClN2O6/c1-4-31-19-14-16(13-18(25)23(19)30-3)10-11-21(28)32-22(17-8-6-5-7-9-17)24(29)26-20-12-15(2)33-27-20/h5-14,22H,4H2,1-3H3,(H,26,27,29)/b11-10+. The molecule has 9 heteroatoms. The Bertz CT molecular complexity index is 1140. The van der Waals surface area contributed by atoms with Crippen LogP contribution >= 0.6 is 11.6 Å². The third kappa shape index (κ3) is 6.36. The zero-order chi connectivity index (χ0) is 23.8. The van der Waals surface area contributed by atoms with Gasteiger partial charge in [-0.15, -0.1) is 0 Å². The van der Waals surface area contributed by atoms with Gasteiger partial charge in [-0.2, -0.15) is 0 Å². The first-order valence-corrected chi connectivity index (χ1v) is 10.5. The molecule has 0 aliphatic carbocycles. The van der Waals surface area contributed by atoms with Crippen LogP contribution in [0.5, 0.6) is 11.5 Å². The highest BCUT2D eigenvalue weighted by Gasteiger charge is 2.25. The van der Waals surface area contributed by atoms with Gasteiger partial charge in [-0.1, -0.05) is 47.1 Å². The maximum Gasteiger partial charge on any atom is 0.331 e. The first-order chi connectivity index (χ1) is 15.9. The second-order valence-electron chi connectivity index (χ2n) is 6.84. The average Bonchev–Trinajstić information content (AvgIpc) is 3.21. The average molecular weight is 471 g/mol. The van der Waals surface area contributed by atoms with Gasteiger partial charge in [0.05, 0.1) is 18.7 Å². The quantitative estimate of drug-likeness (QED) is 0.347. The number of hydrogen-bond donors (Lipinski definition) is 1. The van der Waals surface area contributed by atoms with Crippen LogP contribution in [-0.2, 0) is 14.3 Å². The van der Waals surface area contributed by atoms with Gasteiger partial charge in [0.2, 0.25) is 6.10 Å². The lowest BCUT2D eigenvalue weighted by molar-refractivity contribution is -0.149. The first kappa shape index (κ1) is 23.9. The molecule has 0 saturated carbocycles. The van der Waals surface area contributed by atoms with Crippen molar-refractivity contribution < 1.29 is 28.3 Å². The van der Waals surface area contributed by atoms with E-state index in [1.54, 1.807) is 55.5 Å². The normalized spacial score (nSPS) is 11.8. The number of aryl methyl sites for hydroxylation is 1. The fraction of sp³-hybridized carbons (Fsp3) is 0.208. The minimum Gasteiger partial charge on any atom is -0.491 e. The lowest BCUT2D eigenvalue weighted by Crippen LogP contribution is -2.25. The zero-order valence-electron chi connectivity index (χ0n) is 18.3. The highest BCUT2D eigenvalue weighted by molar-refractivity contribution is 6.32. The number of amides is 1. The van der Waals surface area contributed by atoms with Gasteiger partial charge in [-0.3, -0.25) is 4.79 Å². The number of nitrogens with zero attached hydrogens (tertiary/aromatic N) is 1. The van der Waals surface area contributed by atoms with Crippen molar-refractivity contribution in [1.29, 1.82) is 0 Å². The Morgan fingerprint density at radius 3 is 2.61 bits per heavy atom. The molecule has 1 atom stereocenters. The Morgan fingerprint density at radius 2 is 1.97 bits per heavy atom. The van der Waals surface area contributed by atoms with Crippen LogP contribution in [0.4, 0.5) is 5.82 Å². The summed E-state index contributed by atoms with van der Waals surface area (Å²) in [4.78, 5) is 25.4. The van der Waals surface area contributed by atoms with Crippen LogP contribution in [0.3, 0.4) is 0 Å². The maximum atomic E-state index is 12.8. The molecule has 0 saturated heterocycles. The molecule has 33 heavy (non-hydrogen) atoms. The smallest absolute Gasteiger partial charge is 0.331 e. The van der Waals surface area contributed by atoms with Crippen LogP contribution in [0.1, 0.15) is 29.9 Å². The Balaban J connectivity index is 1.78. The molecular formula is C24H23ClN2O6. The van der Waals surface area contributed by atoms with E-state index in [1.165, 1.54) is 19.3 Å². The van der Waals surface area contributed by atoms with E-state index >= 15 is 0 Å². The number of carbonyl (C=O) groups excluding carboxylic acids is 2. The number of aromatic nitrogens is 1. The van der Waals surface area contributed by atoms with Crippen LogP contribution in [0.2, 0.25) is 5.02 Å². The lowest BCUT2D eigenvalue weighted by Gasteiger charge is -2.16. The van der Waals surface area contributed by atoms with Crippen molar-refractivity contribution in [1.82, 2.24) is 5.16 Å². The van der Waals surface area contributed by atoms with Crippen LogP contribution in [0.25, 0.3) is 6.08 Å². The summed E-state index contributed by atoms with van der Waals surface area (Å²) in [6.07, 6.45) is 1.52. The number of halogens is 1. The molecule has 172 valence electrons. The van der Waals surface area contributed by atoms with Crippen LogP contribution in [0.15, 0.2) is 59.1 Å². The van der Waals surface area contributed by atoms with Crippen molar-refractivity contribution in [2.75, 3.05) is 19.0 Å². The van der Waals surface area contributed by atoms with E-state index in [0.29, 0.717) is 40.0 Å². The zero-order valence-corrected chi connectivity index (χ0v) is 19.1. The number of hydrogen-bond acceptors (Lipinski definition) is 7. The minimum atomic E-state index is -1.20. The predicted molar refractivity (Wildman–Crippen MR) is 123 cm³/mol. The molecule has 8 nitrogen and oxygen atoms in total. The number of methoxy groups -OCH3 is 1. The second-order valence-corrected chi connectivity index (χ2v) is 7.25. The molecule has 0 radical (unpaired) electrons. The summed E-state index contributed by atoms with van der Waals surface area (Å²) >= 11 is 6.25. The SMILES string of the molecule is CCOc1cc(/C=C/C(=O)OC(C(=O)Nc2cc(C)on2)c2ccccc2)cc(Cl)c1OC. The molecule has 0 aliphatic rings. The van der Waals surface area contributed by atoms with Crippen molar-refractivity contribution in [2.45, 2.75) is 20.0 Å². The predicted octanol–water partition coefficient (Wildman–Crippen LogP) is 4.98. The summed E-state index contributed by atoms with van der Waals surface area (Å²) in [5.74, 6) is 0.321. The number of rotatable bonds is 9. The van der Waals surface area contributed by atoms with Gasteiger partial charge in [0.25, 0.3) is 5.91 Å². The number of carbonyl (C=O) groups is 2. The first-order valence-electron chi connectivity index (χ1n) is 10.1. The fourth-order valence-electron chi connectivity index (χ4n) is 2.98. The summed E-state index contributed by atoms with van der Waals surface area (Å²) in [7, 11) is 1.49. The molecule has 0 bridgehead atoms. The molecule has 1 aromatic heterocycles. The van der Waals surface area contributed by atoms with Gasteiger partial charge < -0.3 is 24.1 Å². The monoisotopic (exact) mass is 470 g/mol. The number of nitrogens with one attached hydrogen (secondary N) is 1. The Labute approximate surface area is 196 Å². The second kappa shape index (κ2) is 11.2. The molecular weight excluding hydrogens is 448 g/mol. The minimum absolute atomic E-state index is 0.223. The number of esters is 1. The van der Waals surface area contributed by atoms with E-state index in [4.69, 9.17) is 30.3 Å². The number of anilines is 1. The molecule has 0 spiro atoms. The van der Waals surface area contributed by atoms with Gasteiger partial charge in [-0.05, 0) is 37.6 Å². The third-order valence-electron chi connectivity index (χ3n) is 4.40. The summed E-state index contributed by atoms with van der Waals surface area (Å²) in [5.41, 5.74) is 1.10. The van der Waals surface area contributed by atoms with E-state index in [2.05, 4.69) is 10.5 Å². The molecule has 1 N–H and O–H groups in total. The molecule has 0 fully saturated rings. The number of benzene rings is 2. The van der Waals surface area contributed by atoms with E-state index in [-0.39, 0.29) is 5.82 Å².